The fourth-order valence-electron chi connectivity index (χ4n) is 3.67. The number of hydrogen-bond donors (Lipinski definition) is 1. The number of ether oxygens (including phenoxy) is 1. The van der Waals surface area contributed by atoms with E-state index < -0.39 is 17.2 Å². The molecule has 1 aromatic heterocycles. The Morgan fingerprint density at radius 3 is 2.70 bits per heavy atom. The molecule has 2 heterocycles. The Morgan fingerprint density at radius 1 is 1.30 bits per heavy atom. The van der Waals surface area contributed by atoms with Gasteiger partial charge in [-0.05, 0) is 39.0 Å². The summed E-state index contributed by atoms with van der Waals surface area (Å²) in [7, 11) is 0. The average molecular weight is 376 g/mol. The van der Waals surface area contributed by atoms with Crippen LogP contribution in [0.2, 0.25) is 0 Å². The molecular weight excluding hydrogens is 354 g/mol. The SMILES string of the molecule is CC(C)(C)OC(=O)N1CC2CC2C1CNc1cnc2cc(F)c(F)cc2n1. The van der Waals surface area contributed by atoms with E-state index in [1.807, 2.05) is 20.8 Å². The Balaban J connectivity index is 1.46. The van der Waals surface area contributed by atoms with E-state index in [1.165, 1.54) is 6.20 Å². The minimum absolute atomic E-state index is 0.0206. The summed E-state index contributed by atoms with van der Waals surface area (Å²) in [6.45, 7) is 6.76. The largest absolute Gasteiger partial charge is 0.444 e. The first-order valence-corrected chi connectivity index (χ1v) is 9.06. The van der Waals surface area contributed by atoms with Crippen molar-refractivity contribution in [3.8, 4) is 0 Å². The van der Waals surface area contributed by atoms with Gasteiger partial charge in [0.15, 0.2) is 11.6 Å². The summed E-state index contributed by atoms with van der Waals surface area (Å²) in [6, 6.07) is 2.08. The fraction of sp³-hybridized carbons (Fsp3) is 0.526. The molecule has 1 saturated heterocycles. The lowest BCUT2D eigenvalue weighted by molar-refractivity contribution is 0.0203. The summed E-state index contributed by atoms with van der Waals surface area (Å²) in [5.41, 5.74) is 0.0296. The van der Waals surface area contributed by atoms with Crippen LogP contribution < -0.4 is 5.32 Å². The van der Waals surface area contributed by atoms with Crippen molar-refractivity contribution in [2.75, 3.05) is 18.4 Å². The van der Waals surface area contributed by atoms with E-state index in [1.54, 1.807) is 4.90 Å². The third-order valence-corrected chi connectivity index (χ3v) is 5.01. The zero-order chi connectivity index (χ0) is 19.3. The zero-order valence-corrected chi connectivity index (χ0v) is 15.5. The molecule has 1 aliphatic carbocycles. The number of carbonyl (C=O) groups is 1. The van der Waals surface area contributed by atoms with Gasteiger partial charge in [0.2, 0.25) is 0 Å². The maximum atomic E-state index is 13.4. The topological polar surface area (TPSA) is 67.3 Å². The summed E-state index contributed by atoms with van der Waals surface area (Å²) < 4.78 is 32.2. The quantitative estimate of drug-likeness (QED) is 0.887. The van der Waals surface area contributed by atoms with Crippen LogP contribution in [-0.4, -0.2) is 45.7 Å². The van der Waals surface area contributed by atoms with Crippen LogP contribution in [-0.2, 0) is 4.74 Å². The molecule has 1 aliphatic heterocycles. The number of piperidine rings is 1. The molecule has 1 aromatic carbocycles. The first-order valence-electron chi connectivity index (χ1n) is 9.06. The van der Waals surface area contributed by atoms with Gasteiger partial charge in [0, 0.05) is 25.2 Å². The number of halogens is 2. The van der Waals surface area contributed by atoms with Crippen LogP contribution in [0.5, 0.6) is 0 Å². The summed E-state index contributed by atoms with van der Waals surface area (Å²) in [5, 5.41) is 3.18. The Labute approximate surface area is 155 Å². The van der Waals surface area contributed by atoms with Crippen molar-refractivity contribution in [3.05, 3.63) is 30.0 Å². The van der Waals surface area contributed by atoms with Gasteiger partial charge in [-0.15, -0.1) is 0 Å². The number of nitrogens with zero attached hydrogens (tertiary/aromatic N) is 3. The van der Waals surface area contributed by atoms with Crippen molar-refractivity contribution in [1.82, 2.24) is 14.9 Å². The van der Waals surface area contributed by atoms with Crippen LogP contribution in [0.4, 0.5) is 19.4 Å². The van der Waals surface area contributed by atoms with Gasteiger partial charge in [0.25, 0.3) is 0 Å². The summed E-state index contributed by atoms with van der Waals surface area (Å²) in [4.78, 5) is 22.7. The Hall–Kier alpha value is -2.51. The molecule has 0 spiro atoms. The lowest BCUT2D eigenvalue weighted by Gasteiger charge is -2.30. The first kappa shape index (κ1) is 17.9. The molecule has 1 amide bonds. The number of likely N-dealkylation sites (tertiary alicyclic amines) is 1. The Kier molecular flexibility index (Phi) is 4.16. The average Bonchev–Trinajstić information content (AvgIpc) is 3.25. The second-order valence-corrected chi connectivity index (χ2v) is 8.25. The molecule has 0 radical (unpaired) electrons. The van der Waals surface area contributed by atoms with Crippen molar-refractivity contribution in [2.24, 2.45) is 11.8 Å². The predicted octanol–water partition coefficient (Wildman–Crippen LogP) is 3.58. The van der Waals surface area contributed by atoms with E-state index in [9.17, 15) is 13.6 Å². The number of fused-ring (bicyclic) bond motifs is 2. The molecule has 2 fully saturated rings. The predicted molar refractivity (Wildman–Crippen MR) is 96.3 cm³/mol. The van der Waals surface area contributed by atoms with Gasteiger partial charge >= 0.3 is 6.09 Å². The lowest BCUT2D eigenvalue weighted by Crippen LogP contribution is -2.45. The molecular formula is C19H22F2N4O2. The van der Waals surface area contributed by atoms with Gasteiger partial charge in [-0.1, -0.05) is 0 Å². The molecule has 144 valence electrons. The highest BCUT2D eigenvalue weighted by Gasteiger charge is 2.54. The van der Waals surface area contributed by atoms with Gasteiger partial charge in [-0.2, -0.15) is 0 Å². The number of rotatable bonds is 3. The van der Waals surface area contributed by atoms with Gasteiger partial charge in [0.05, 0.1) is 23.3 Å². The first-order chi connectivity index (χ1) is 12.7. The maximum absolute atomic E-state index is 13.4. The lowest BCUT2D eigenvalue weighted by atomic mass is 10.2. The summed E-state index contributed by atoms with van der Waals surface area (Å²) in [5.74, 6) is -0.450. The van der Waals surface area contributed by atoms with Crippen LogP contribution in [0.3, 0.4) is 0 Å². The Bertz CT molecular complexity index is 899. The standard InChI is InChI=1S/C19H22F2N4O2/c1-19(2,3)27-18(26)25-9-10-4-11(10)16(25)7-23-17-8-22-14-5-12(20)13(21)6-15(14)24-17/h5-6,8,10-11,16H,4,7,9H2,1-3H3,(H,23,24). The van der Waals surface area contributed by atoms with Gasteiger partial charge < -0.3 is 15.0 Å². The van der Waals surface area contributed by atoms with Crippen molar-refractivity contribution in [2.45, 2.75) is 38.8 Å². The molecule has 6 nitrogen and oxygen atoms in total. The Morgan fingerprint density at radius 2 is 2.00 bits per heavy atom. The number of anilines is 1. The van der Waals surface area contributed by atoms with E-state index >= 15 is 0 Å². The van der Waals surface area contributed by atoms with Crippen LogP contribution in [0.15, 0.2) is 18.3 Å². The number of hydrogen-bond acceptors (Lipinski definition) is 5. The van der Waals surface area contributed by atoms with Gasteiger partial charge in [-0.25, -0.2) is 18.6 Å². The van der Waals surface area contributed by atoms with Crippen molar-refractivity contribution in [3.63, 3.8) is 0 Å². The molecule has 2 aliphatic rings. The van der Waals surface area contributed by atoms with Gasteiger partial charge in [0.1, 0.15) is 11.4 Å². The minimum Gasteiger partial charge on any atom is -0.444 e. The fourth-order valence-corrected chi connectivity index (χ4v) is 3.67. The third-order valence-electron chi connectivity index (χ3n) is 5.01. The smallest absolute Gasteiger partial charge is 0.410 e. The normalized spacial score (nSPS) is 24.0. The molecule has 3 atom stereocenters. The summed E-state index contributed by atoms with van der Waals surface area (Å²) >= 11 is 0. The highest BCUT2D eigenvalue weighted by Crippen LogP contribution is 2.49. The number of amides is 1. The minimum atomic E-state index is -0.957. The number of carbonyl (C=O) groups excluding carboxylic acids is 1. The van der Waals surface area contributed by atoms with Crippen LogP contribution >= 0.6 is 0 Å². The van der Waals surface area contributed by atoms with Crippen molar-refractivity contribution in [1.29, 1.82) is 0 Å². The monoisotopic (exact) mass is 376 g/mol. The van der Waals surface area contributed by atoms with E-state index in [0.29, 0.717) is 30.7 Å². The highest BCUT2D eigenvalue weighted by atomic mass is 19.2. The number of benzene rings is 1. The molecule has 27 heavy (non-hydrogen) atoms. The third kappa shape index (κ3) is 3.65. The van der Waals surface area contributed by atoms with Crippen LogP contribution in [0.1, 0.15) is 27.2 Å². The second-order valence-electron chi connectivity index (χ2n) is 8.25. The second kappa shape index (κ2) is 6.28. The molecule has 4 rings (SSSR count). The number of nitrogens with one attached hydrogen (secondary N) is 1. The van der Waals surface area contributed by atoms with E-state index in [-0.39, 0.29) is 23.2 Å². The molecule has 1 N–H and O–H groups in total. The number of aromatic nitrogens is 2. The van der Waals surface area contributed by atoms with Crippen molar-refractivity contribution >= 4 is 22.9 Å². The van der Waals surface area contributed by atoms with Gasteiger partial charge in [-0.3, -0.25) is 4.98 Å². The summed E-state index contributed by atoms with van der Waals surface area (Å²) in [6.07, 6.45) is 2.29. The van der Waals surface area contributed by atoms with Crippen LogP contribution in [0, 0.1) is 23.5 Å². The van der Waals surface area contributed by atoms with E-state index in [0.717, 1.165) is 18.6 Å². The molecule has 2 aromatic rings. The van der Waals surface area contributed by atoms with Crippen LogP contribution in [0.25, 0.3) is 11.0 Å². The highest BCUT2D eigenvalue weighted by molar-refractivity contribution is 5.75. The molecule has 0 bridgehead atoms. The molecule has 8 heteroatoms. The van der Waals surface area contributed by atoms with E-state index in [4.69, 9.17) is 4.74 Å². The maximum Gasteiger partial charge on any atom is 0.410 e. The molecule has 3 unspecified atom stereocenters. The van der Waals surface area contributed by atoms with Crippen molar-refractivity contribution < 1.29 is 18.3 Å². The van der Waals surface area contributed by atoms with E-state index in [2.05, 4.69) is 15.3 Å². The molecule has 1 saturated carbocycles. The zero-order valence-electron chi connectivity index (χ0n) is 15.5.